The zero-order chi connectivity index (χ0) is 25.0. The molecule has 1 fully saturated rings. The second-order valence-corrected chi connectivity index (χ2v) is 10.6. The van der Waals surface area contributed by atoms with Crippen LogP contribution in [-0.4, -0.2) is 38.0 Å². The van der Waals surface area contributed by atoms with Crippen LogP contribution in [0.15, 0.2) is 72.4 Å². The second kappa shape index (κ2) is 10.9. The summed E-state index contributed by atoms with van der Waals surface area (Å²) in [5, 5.41) is 0. The van der Waals surface area contributed by atoms with E-state index in [1.54, 1.807) is 6.07 Å². The lowest BCUT2D eigenvalue weighted by Gasteiger charge is -2.30. The molecule has 2 aliphatic rings. The highest BCUT2D eigenvalue weighted by Gasteiger charge is 2.26. The molecular formula is C29H32N2O4S. The number of rotatable bonds is 7. The van der Waals surface area contributed by atoms with Crippen LogP contribution >= 0.6 is 0 Å². The number of nitrogens with zero attached hydrogens (tertiary/aromatic N) is 2. The zero-order valence-corrected chi connectivity index (χ0v) is 21.5. The predicted molar refractivity (Wildman–Crippen MR) is 141 cm³/mol. The Morgan fingerprint density at radius 2 is 1.69 bits per heavy atom. The minimum Gasteiger partial charge on any atom is -0.362 e. The van der Waals surface area contributed by atoms with Gasteiger partial charge in [0.2, 0.25) is 0 Å². The minimum absolute atomic E-state index is 0.103. The first-order chi connectivity index (χ1) is 17.5. The van der Waals surface area contributed by atoms with Gasteiger partial charge in [-0.1, -0.05) is 55.0 Å². The zero-order valence-electron chi connectivity index (χ0n) is 20.7. The molecule has 0 radical (unpaired) electrons. The van der Waals surface area contributed by atoms with E-state index in [1.807, 2.05) is 31.3 Å². The summed E-state index contributed by atoms with van der Waals surface area (Å²) in [5.74, 6) is 0.283. The van der Waals surface area contributed by atoms with Crippen LogP contribution in [0.4, 0.5) is 0 Å². The van der Waals surface area contributed by atoms with E-state index in [0.717, 1.165) is 62.1 Å². The van der Waals surface area contributed by atoms with Gasteiger partial charge in [0.25, 0.3) is 0 Å². The number of aromatic nitrogens is 1. The van der Waals surface area contributed by atoms with Crippen molar-refractivity contribution in [3.63, 3.8) is 0 Å². The van der Waals surface area contributed by atoms with Crippen molar-refractivity contribution >= 4 is 16.0 Å². The van der Waals surface area contributed by atoms with Crippen molar-refractivity contribution in [1.29, 1.82) is 0 Å². The smallest absolute Gasteiger partial charge is 0.362 e. The van der Waals surface area contributed by atoms with Crippen LogP contribution in [0.2, 0.25) is 0 Å². The summed E-state index contributed by atoms with van der Waals surface area (Å²) < 4.78 is 34.5. The Kier molecular flexibility index (Phi) is 7.51. The second-order valence-electron chi connectivity index (χ2n) is 9.38. The van der Waals surface area contributed by atoms with E-state index < -0.39 is 10.4 Å². The monoisotopic (exact) mass is 504 g/mol. The molecule has 0 unspecified atom stereocenters. The van der Waals surface area contributed by atoms with Crippen molar-refractivity contribution in [2.24, 2.45) is 0 Å². The molecule has 5 rings (SSSR count). The summed E-state index contributed by atoms with van der Waals surface area (Å²) in [5.41, 5.74) is 8.43. The lowest BCUT2D eigenvalue weighted by molar-refractivity contribution is 0.248. The Hall–Kier alpha value is -3.00. The van der Waals surface area contributed by atoms with E-state index in [1.165, 1.54) is 22.3 Å². The third kappa shape index (κ3) is 5.69. The van der Waals surface area contributed by atoms with Crippen LogP contribution in [0.1, 0.15) is 54.1 Å². The van der Waals surface area contributed by atoms with Gasteiger partial charge < -0.3 is 4.18 Å². The third-order valence-corrected chi connectivity index (χ3v) is 7.68. The van der Waals surface area contributed by atoms with Crippen LogP contribution in [0.3, 0.4) is 0 Å². The van der Waals surface area contributed by atoms with E-state index in [4.69, 9.17) is 13.4 Å². The summed E-state index contributed by atoms with van der Waals surface area (Å²) in [6.07, 6.45) is 6.06. The van der Waals surface area contributed by atoms with E-state index in [-0.39, 0.29) is 12.4 Å². The maximum absolute atomic E-state index is 12.2. The maximum Gasteiger partial charge on any atom is 0.449 e. The van der Waals surface area contributed by atoms with Crippen LogP contribution in [-0.2, 0) is 34.0 Å². The molecule has 0 bridgehead atoms. The molecule has 1 aromatic heterocycles. The number of piperidine rings is 1. The minimum atomic E-state index is -4.08. The van der Waals surface area contributed by atoms with Gasteiger partial charge in [0.05, 0.1) is 12.3 Å². The Bertz CT molecular complexity index is 1340. The van der Waals surface area contributed by atoms with E-state index in [9.17, 15) is 8.42 Å². The molecule has 7 heteroatoms. The molecule has 3 aromatic rings. The topological polar surface area (TPSA) is 68.7 Å². The lowest BCUT2D eigenvalue weighted by Crippen LogP contribution is -2.30. The number of benzene rings is 2. The molecule has 0 saturated carbocycles. The fourth-order valence-corrected chi connectivity index (χ4v) is 5.85. The highest BCUT2D eigenvalue weighted by atomic mass is 32.3. The van der Waals surface area contributed by atoms with Gasteiger partial charge in [-0.05, 0) is 72.6 Å². The van der Waals surface area contributed by atoms with E-state index in [2.05, 4.69) is 41.3 Å². The summed E-state index contributed by atoms with van der Waals surface area (Å²) in [6.45, 7) is 4.92. The van der Waals surface area contributed by atoms with Crippen LogP contribution in [0, 0.1) is 0 Å². The maximum atomic E-state index is 12.2. The van der Waals surface area contributed by atoms with E-state index in [0.29, 0.717) is 6.42 Å². The van der Waals surface area contributed by atoms with Gasteiger partial charge in [-0.3, -0.25) is 9.88 Å². The summed E-state index contributed by atoms with van der Waals surface area (Å²) in [4.78, 5) is 7.33. The highest BCUT2D eigenvalue weighted by Crippen LogP contribution is 2.39. The fourth-order valence-electron chi connectivity index (χ4n) is 5.09. The number of hydrogen-bond acceptors (Lipinski definition) is 6. The number of hydrogen-bond donors (Lipinski definition) is 0. The van der Waals surface area contributed by atoms with Crippen molar-refractivity contribution in [2.45, 2.75) is 45.6 Å². The van der Waals surface area contributed by atoms with Gasteiger partial charge in [-0.25, -0.2) is 4.18 Å². The molecule has 0 spiro atoms. The summed E-state index contributed by atoms with van der Waals surface area (Å²) >= 11 is 0. The quantitative estimate of drug-likeness (QED) is 0.433. The van der Waals surface area contributed by atoms with Crippen molar-refractivity contribution in [3.05, 3.63) is 100 Å². The van der Waals surface area contributed by atoms with Gasteiger partial charge in [-0.2, -0.15) is 8.42 Å². The molecule has 2 aromatic carbocycles. The largest absolute Gasteiger partial charge is 0.449 e. The predicted octanol–water partition coefficient (Wildman–Crippen LogP) is 5.33. The average Bonchev–Trinajstić information content (AvgIpc) is 3.05. The molecule has 1 saturated heterocycles. The molecule has 6 nitrogen and oxygen atoms in total. The van der Waals surface area contributed by atoms with Crippen LogP contribution in [0.25, 0.3) is 5.57 Å². The van der Waals surface area contributed by atoms with Gasteiger partial charge in [-0.15, -0.1) is 0 Å². The van der Waals surface area contributed by atoms with E-state index >= 15 is 0 Å². The van der Waals surface area contributed by atoms with Crippen molar-refractivity contribution < 1.29 is 16.8 Å². The number of fused-ring (bicyclic) bond motifs is 2. The van der Waals surface area contributed by atoms with Crippen LogP contribution < -0.4 is 4.18 Å². The SMILES string of the molecule is CCCOS(=O)(=O)Oc1ccc2c(c1)CCc1cccnc1C2=C1CCN(Cc2ccccc2)CC1. The summed E-state index contributed by atoms with van der Waals surface area (Å²) in [7, 11) is -4.08. The number of likely N-dealkylation sites (tertiary alicyclic amines) is 1. The molecule has 1 aliphatic heterocycles. The molecule has 0 atom stereocenters. The normalized spacial score (nSPS) is 16.2. The first-order valence-electron chi connectivity index (χ1n) is 12.7. The average molecular weight is 505 g/mol. The standard InChI is InChI=1S/C29H32N2O4S/c1-2-19-34-36(32,33)35-26-12-13-27-25(20-26)11-10-24-9-6-16-30-29(24)28(27)23-14-17-31(18-15-23)21-22-7-4-3-5-8-22/h3-9,12-13,16,20H,2,10-11,14-15,17-19,21H2,1H3. The van der Waals surface area contributed by atoms with Crippen molar-refractivity contribution in [2.75, 3.05) is 19.7 Å². The Morgan fingerprint density at radius 3 is 2.47 bits per heavy atom. The van der Waals surface area contributed by atoms with Crippen LogP contribution in [0.5, 0.6) is 5.75 Å². The Labute approximate surface area is 213 Å². The lowest BCUT2D eigenvalue weighted by atomic mass is 9.88. The van der Waals surface area contributed by atoms with Gasteiger partial charge in [0, 0.05) is 31.4 Å². The molecule has 2 heterocycles. The summed E-state index contributed by atoms with van der Waals surface area (Å²) in [6, 6.07) is 20.3. The Balaban J connectivity index is 1.45. The molecular weight excluding hydrogens is 472 g/mol. The van der Waals surface area contributed by atoms with Crippen molar-refractivity contribution in [1.82, 2.24) is 9.88 Å². The third-order valence-electron chi connectivity index (χ3n) is 6.83. The number of pyridine rings is 1. The molecule has 1 aliphatic carbocycles. The van der Waals surface area contributed by atoms with Gasteiger partial charge >= 0.3 is 10.4 Å². The molecule has 0 N–H and O–H groups in total. The molecule has 188 valence electrons. The fraction of sp³-hybridized carbons (Fsp3) is 0.345. The highest BCUT2D eigenvalue weighted by molar-refractivity contribution is 7.82. The first-order valence-corrected chi connectivity index (χ1v) is 14.0. The number of aryl methyl sites for hydroxylation is 2. The Morgan fingerprint density at radius 1 is 0.917 bits per heavy atom. The molecule has 36 heavy (non-hydrogen) atoms. The molecule has 0 amide bonds. The van der Waals surface area contributed by atoms with Gasteiger partial charge in [0.15, 0.2) is 0 Å². The first kappa shape index (κ1) is 24.7. The van der Waals surface area contributed by atoms with Gasteiger partial charge in [0.1, 0.15) is 5.75 Å². The van der Waals surface area contributed by atoms with Crippen molar-refractivity contribution in [3.8, 4) is 5.75 Å².